The minimum absolute atomic E-state index is 0.691. The van der Waals surface area contributed by atoms with Crippen LogP contribution in [0.1, 0.15) is 0 Å². The summed E-state index contributed by atoms with van der Waals surface area (Å²) in [6.07, 6.45) is 0. The molecule has 0 saturated heterocycles. The van der Waals surface area contributed by atoms with Gasteiger partial charge in [-0.05, 0) is 12.1 Å². The minimum Gasteiger partial charge on any atom is -0.305 e. The molecule has 0 fully saturated rings. The van der Waals surface area contributed by atoms with Gasteiger partial charge in [0.2, 0.25) is 0 Å². The van der Waals surface area contributed by atoms with Crippen LogP contribution in [0.15, 0.2) is 28.5 Å². The highest BCUT2D eigenvalue weighted by atomic mass is 15.3. The molecule has 1 rings (SSSR count). The minimum atomic E-state index is 0.691. The summed E-state index contributed by atoms with van der Waals surface area (Å²) in [6, 6.07) is 10.5. The van der Waals surface area contributed by atoms with Crippen LogP contribution in [0.5, 0.6) is 0 Å². The monoisotopic (exact) mass is 119 g/mol. The molecule has 0 aromatic heterocycles. The molecule has 0 atom stereocenters. The molecule has 0 amide bonds. The summed E-state index contributed by atoms with van der Waals surface area (Å²) in [4.78, 5) is 0. The number of hydrogen-bond donors (Lipinski definition) is 1. The van der Waals surface area contributed by atoms with E-state index in [-0.39, 0.29) is 0 Å². The quantitative estimate of drug-likeness (QED) is 0.337. The van der Waals surface area contributed by atoms with Gasteiger partial charge in [-0.3, -0.25) is 0 Å². The summed E-state index contributed by atoms with van der Waals surface area (Å²) in [7, 11) is 0. The van der Waals surface area contributed by atoms with E-state index in [1.165, 1.54) is 0 Å². The Bertz CT molecular complexity index is 193. The van der Waals surface area contributed by atoms with Crippen LogP contribution in [0.3, 0.4) is 0 Å². The Balaban J connectivity index is 2.85. The molecule has 1 aromatic rings. The first kappa shape index (κ1) is 5.57. The molecule has 0 unspecified atom stereocenters. The van der Waals surface area contributed by atoms with Crippen LogP contribution in [0.4, 0.5) is 5.69 Å². The summed E-state index contributed by atoms with van der Waals surface area (Å²) in [6.45, 7) is 0. The fourth-order valence-electron chi connectivity index (χ4n) is 0.468. The summed E-state index contributed by atoms with van der Waals surface area (Å²) >= 11 is 0. The Morgan fingerprint density at radius 1 is 1.44 bits per heavy atom. The lowest BCUT2D eigenvalue weighted by atomic mass is 10.4. The highest BCUT2D eigenvalue weighted by Crippen LogP contribution is 2.05. The van der Waals surface area contributed by atoms with Crippen LogP contribution >= 0.6 is 0 Å². The van der Waals surface area contributed by atoms with Crippen LogP contribution in [-0.4, -0.2) is 0 Å². The molecule has 0 heterocycles. The second-order valence-corrected chi connectivity index (χ2v) is 1.41. The molecule has 44 valence electrons. The number of rotatable bonds is 1. The molecule has 3 nitrogen and oxygen atoms in total. The Morgan fingerprint density at radius 3 is 2.89 bits per heavy atom. The van der Waals surface area contributed by atoms with Crippen molar-refractivity contribution in [2.24, 2.45) is 16.2 Å². The van der Waals surface area contributed by atoms with Gasteiger partial charge in [0.25, 0.3) is 0 Å². The van der Waals surface area contributed by atoms with Gasteiger partial charge in [-0.25, -0.2) is 0 Å². The maximum Gasteiger partial charge on any atom is 0.0963 e. The molecule has 1 aromatic carbocycles. The Morgan fingerprint density at radius 2 is 2.33 bits per heavy atom. The van der Waals surface area contributed by atoms with Crippen molar-refractivity contribution < 1.29 is 0 Å². The van der Waals surface area contributed by atoms with Crippen LogP contribution in [0.25, 0.3) is 0 Å². The lowest BCUT2D eigenvalue weighted by Gasteiger charge is -1.80. The molecule has 0 aliphatic rings. The van der Waals surface area contributed by atoms with Gasteiger partial charge in [0.1, 0.15) is 0 Å². The van der Waals surface area contributed by atoms with Crippen molar-refractivity contribution in [3.8, 4) is 0 Å². The van der Waals surface area contributed by atoms with Crippen LogP contribution in [0, 0.1) is 12.1 Å². The van der Waals surface area contributed by atoms with Gasteiger partial charge in [0.15, 0.2) is 0 Å². The fraction of sp³-hybridized carbons (Fsp3) is 0. The Hall–Kier alpha value is -1.56. The van der Waals surface area contributed by atoms with Gasteiger partial charge >= 0.3 is 0 Å². The molecule has 0 aliphatic carbocycles. The molecule has 0 spiro atoms. The van der Waals surface area contributed by atoms with E-state index in [2.05, 4.69) is 22.5 Å². The van der Waals surface area contributed by atoms with Gasteiger partial charge in [-0.1, -0.05) is 17.4 Å². The van der Waals surface area contributed by atoms with E-state index in [0.29, 0.717) is 5.69 Å². The standard InChI is InChI=1S/C6H5N3/c7-9-8-6-4-2-1-3-5-6/h2,4-5H,(H2,7,8). The zero-order valence-corrected chi connectivity index (χ0v) is 4.70. The van der Waals surface area contributed by atoms with Crippen molar-refractivity contribution in [3.05, 3.63) is 30.3 Å². The average Bonchev–Trinajstić information content (AvgIpc) is 1.91. The van der Waals surface area contributed by atoms with Crippen molar-refractivity contribution in [2.45, 2.75) is 0 Å². The first-order valence-corrected chi connectivity index (χ1v) is 2.42. The van der Waals surface area contributed by atoms with Gasteiger partial charge < -0.3 is 5.84 Å². The molecule has 9 heavy (non-hydrogen) atoms. The van der Waals surface area contributed by atoms with Gasteiger partial charge in [0.05, 0.1) is 5.69 Å². The van der Waals surface area contributed by atoms with Gasteiger partial charge in [-0.15, -0.1) is 5.11 Å². The average molecular weight is 119 g/mol. The van der Waals surface area contributed by atoms with Crippen LogP contribution in [0.2, 0.25) is 0 Å². The molecular weight excluding hydrogens is 114 g/mol. The van der Waals surface area contributed by atoms with E-state index < -0.39 is 0 Å². The van der Waals surface area contributed by atoms with Crippen molar-refractivity contribution in [1.29, 1.82) is 0 Å². The van der Waals surface area contributed by atoms with Crippen molar-refractivity contribution in [3.63, 3.8) is 0 Å². The van der Waals surface area contributed by atoms with Crippen LogP contribution in [-0.2, 0) is 0 Å². The molecule has 0 bridgehead atoms. The lowest BCUT2D eigenvalue weighted by molar-refractivity contribution is 1.06. The number of hydrogen-bond acceptors (Lipinski definition) is 2. The highest BCUT2D eigenvalue weighted by molar-refractivity contribution is 5.31. The second kappa shape index (κ2) is 2.68. The SMILES string of the molecule is NN=Nc1cc#ccc1. The molecule has 2 N–H and O–H groups in total. The van der Waals surface area contributed by atoms with E-state index in [0.717, 1.165) is 0 Å². The fourth-order valence-corrected chi connectivity index (χ4v) is 0.468. The van der Waals surface area contributed by atoms with Gasteiger partial charge in [-0.2, -0.15) is 0 Å². The first-order chi connectivity index (χ1) is 4.43. The third-order valence-electron chi connectivity index (χ3n) is 0.814. The zero-order chi connectivity index (χ0) is 6.53. The predicted molar refractivity (Wildman–Crippen MR) is 32.8 cm³/mol. The van der Waals surface area contributed by atoms with Crippen LogP contribution < -0.4 is 5.84 Å². The summed E-state index contributed by atoms with van der Waals surface area (Å²) in [5, 5.41) is 6.66. The maximum atomic E-state index is 4.79. The number of nitrogens with zero attached hydrogens (tertiary/aromatic N) is 2. The lowest BCUT2D eigenvalue weighted by Crippen LogP contribution is -1.72. The zero-order valence-electron chi connectivity index (χ0n) is 4.70. The molecule has 0 aliphatic heterocycles. The number of nitrogens with two attached hydrogens (primary N) is 1. The first-order valence-electron chi connectivity index (χ1n) is 2.42. The summed E-state index contributed by atoms with van der Waals surface area (Å²) < 4.78 is 0. The second-order valence-electron chi connectivity index (χ2n) is 1.41. The van der Waals surface area contributed by atoms with Crippen molar-refractivity contribution in [1.82, 2.24) is 0 Å². The molecular formula is C6H5N3. The van der Waals surface area contributed by atoms with Gasteiger partial charge in [0, 0.05) is 6.07 Å². The highest BCUT2D eigenvalue weighted by Gasteiger charge is 1.79. The summed E-state index contributed by atoms with van der Waals surface area (Å²) in [5.41, 5.74) is 0.691. The van der Waals surface area contributed by atoms with E-state index in [9.17, 15) is 0 Å². The third-order valence-corrected chi connectivity index (χ3v) is 0.814. The maximum absolute atomic E-state index is 4.79. The Labute approximate surface area is 53.2 Å². The third kappa shape index (κ3) is 1.42. The van der Waals surface area contributed by atoms with E-state index >= 15 is 0 Å². The van der Waals surface area contributed by atoms with Crippen molar-refractivity contribution >= 4 is 5.69 Å². The smallest absolute Gasteiger partial charge is 0.0963 e. The molecule has 0 radical (unpaired) electrons. The Kier molecular flexibility index (Phi) is 1.66. The summed E-state index contributed by atoms with van der Waals surface area (Å²) in [5.74, 6) is 4.79. The largest absolute Gasteiger partial charge is 0.305 e. The van der Waals surface area contributed by atoms with E-state index in [1.54, 1.807) is 18.2 Å². The van der Waals surface area contributed by atoms with E-state index in [1.807, 2.05) is 0 Å². The van der Waals surface area contributed by atoms with Crippen molar-refractivity contribution in [2.75, 3.05) is 0 Å². The topological polar surface area (TPSA) is 50.7 Å². The molecule has 3 heteroatoms. The molecule has 0 saturated carbocycles. The normalized spacial score (nSPS) is 9.33. The predicted octanol–water partition coefficient (Wildman–Crippen LogP) is 1.24. The van der Waals surface area contributed by atoms with E-state index in [4.69, 9.17) is 5.84 Å².